The van der Waals surface area contributed by atoms with Gasteiger partial charge in [0.05, 0.1) is 22.4 Å². The Balaban J connectivity index is 2.02. The van der Waals surface area contributed by atoms with Gasteiger partial charge in [0.15, 0.2) is 5.65 Å². The van der Waals surface area contributed by atoms with Gasteiger partial charge in [0.1, 0.15) is 23.6 Å². The molecule has 1 aromatic carbocycles. The van der Waals surface area contributed by atoms with Crippen LogP contribution in [0.3, 0.4) is 0 Å². The molecule has 0 amide bonds. The third kappa shape index (κ3) is 2.69. The van der Waals surface area contributed by atoms with Crippen LogP contribution >= 0.6 is 11.6 Å². The van der Waals surface area contributed by atoms with Crippen molar-refractivity contribution in [2.75, 3.05) is 7.11 Å². The molecule has 0 unspecified atom stereocenters. The van der Waals surface area contributed by atoms with Gasteiger partial charge < -0.3 is 4.74 Å². The van der Waals surface area contributed by atoms with Crippen LogP contribution in [0.5, 0.6) is 0 Å². The highest BCUT2D eigenvalue weighted by Crippen LogP contribution is 2.32. The van der Waals surface area contributed by atoms with Crippen molar-refractivity contribution in [2.24, 2.45) is 0 Å². The lowest BCUT2D eigenvalue weighted by atomic mass is 10.2. The molecule has 134 valence electrons. The SMILES string of the molecule is COCc1nc2ccc(C(F)(F)F)nc2n1-c1cc(Cl)c2[nH]ncc2c1. The van der Waals surface area contributed by atoms with Gasteiger partial charge in [-0.1, -0.05) is 11.6 Å². The smallest absolute Gasteiger partial charge is 0.377 e. The first-order chi connectivity index (χ1) is 12.4. The Morgan fingerprint density at radius 1 is 1.23 bits per heavy atom. The summed E-state index contributed by atoms with van der Waals surface area (Å²) in [7, 11) is 1.48. The Hall–Kier alpha value is -2.65. The van der Waals surface area contributed by atoms with Crippen molar-refractivity contribution in [1.29, 1.82) is 0 Å². The standard InChI is InChI=1S/C16H11ClF3N5O/c1-26-7-13-22-11-2-3-12(16(18,19)20)23-15(11)25(13)9-4-8-6-21-24-14(8)10(17)5-9/h2-6H,7H2,1H3,(H,21,24). The maximum absolute atomic E-state index is 13.1. The highest BCUT2D eigenvalue weighted by atomic mass is 35.5. The van der Waals surface area contributed by atoms with Gasteiger partial charge in [-0.15, -0.1) is 0 Å². The minimum atomic E-state index is -4.56. The topological polar surface area (TPSA) is 68.6 Å². The highest BCUT2D eigenvalue weighted by Gasteiger charge is 2.33. The van der Waals surface area contributed by atoms with Crippen molar-refractivity contribution in [3.8, 4) is 5.69 Å². The van der Waals surface area contributed by atoms with E-state index in [1.807, 2.05) is 0 Å². The van der Waals surface area contributed by atoms with Gasteiger partial charge in [-0.2, -0.15) is 18.3 Å². The second-order valence-corrected chi connectivity index (χ2v) is 6.00. The second-order valence-electron chi connectivity index (χ2n) is 5.60. The van der Waals surface area contributed by atoms with Crippen molar-refractivity contribution >= 4 is 33.7 Å². The molecular formula is C16H11ClF3N5O. The third-order valence-corrected chi connectivity index (χ3v) is 4.18. The molecule has 0 fully saturated rings. The number of rotatable bonds is 3. The number of H-pyrrole nitrogens is 1. The van der Waals surface area contributed by atoms with Gasteiger partial charge in [0.2, 0.25) is 0 Å². The Labute approximate surface area is 149 Å². The number of halogens is 4. The van der Waals surface area contributed by atoms with Crippen LogP contribution in [0.15, 0.2) is 30.5 Å². The minimum Gasteiger partial charge on any atom is -0.377 e. The zero-order valence-corrected chi connectivity index (χ0v) is 14.1. The van der Waals surface area contributed by atoms with Gasteiger partial charge in [-0.05, 0) is 24.3 Å². The molecule has 0 spiro atoms. The van der Waals surface area contributed by atoms with Crippen molar-refractivity contribution < 1.29 is 17.9 Å². The number of fused-ring (bicyclic) bond motifs is 2. The van der Waals surface area contributed by atoms with Crippen molar-refractivity contribution in [2.45, 2.75) is 12.8 Å². The van der Waals surface area contributed by atoms with Crippen LogP contribution < -0.4 is 0 Å². The predicted molar refractivity (Wildman–Crippen MR) is 89.2 cm³/mol. The summed E-state index contributed by atoms with van der Waals surface area (Å²) in [6.07, 6.45) is -2.98. The molecule has 1 N–H and O–H groups in total. The van der Waals surface area contributed by atoms with Crippen LogP contribution in [0, 0.1) is 0 Å². The molecule has 0 atom stereocenters. The second kappa shape index (κ2) is 5.96. The van der Waals surface area contributed by atoms with Gasteiger partial charge in [0, 0.05) is 12.5 Å². The maximum Gasteiger partial charge on any atom is 0.433 e. The summed E-state index contributed by atoms with van der Waals surface area (Å²) in [5.41, 5.74) is 0.562. The minimum absolute atomic E-state index is 0.0748. The molecule has 10 heteroatoms. The largest absolute Gasteiger partial charge is 0.433 e. The van der Waals surface area contributed by atoms with Crippen LogP contribution in [0.4, 0.5) is 13.2 Å². The van der Waals surface area contributed by atoms with E-state index < -0.39 is 11.9 Å². The summed E-state index contributed by atoms with van der Waals surface area (Å²) in [4.78, 5) is 8.12. The van der Waals surface area contributed by atoms with Gasteiger partial charge in [0.25, 0.3) is 0 Å². The van der Waals surface area contributed by atoms with Crippen molar-refractivity contribution in [1.82, 2.24) is 24.7 Å². The quantitative estimate of drug-likeness (QED) is 0.579. The first-order valence-electron chi connectivity index (χ1n) is 7.46. The number of pyridine rings is 1. The van der Waals surface area contributed by atoms with E-state index in [1.165, 1.54) is 17.7 Å². The Morgan fingerprint density at radius 3 is 2.77 bits per heavy atom. The lowest BCUT2D eigenvalue weighted by Gasteiger charge is -2.10. The van der Waals surface area contributed by atoms with Crippen LogP contribution in [0.25, 0.3) is 27.8 Å². The van der Waals surface area contributed by atoms with Crippen molar-refractivity contribution in [3.05, 3.63) is 47.0 Å². The van der Waals surface area contributed by atoms with Crippen LogP contribution in [-0.2, 0) is 17.5 Å². The van der Waals surface area contributed by atoms with E-state index in [0.29, 0.717) is 33.0 Å². The molecule has 0 bridgehead atoms. The number of hydrogen-bond acceptors (Lipinski definition) is 4. The average Bonchev–Trinajstić information content (AvgIpc) is 3.17. The van der Waals surface area contributed by atoms with E-state index in [9.17, 15) is 13.2 Å². The Bertz CT molecular complexity index is 1120. The normalized spacial score (nSPS) is 12.3. The Kier molecular flexibility index (Phi) is 3.85. The van der Waals surface area contributed by atoms with E-state index in [1.54, 1.807) is 18.3 Å². The van der Waals surface area contributed by atoms with Gasteiger partial charge >= 0.3 is 6.18 Å². The lowest BCUT2D eigenvalue weighted by Crippen LogP contribution is -2.09. The average molecular weight is 382 g/mol. The number of methoxy groups -OCH3 is 1. The summed E-state index contributed by atoms with van der Waals surface area (Å²) in [6, 6.07) is 5.55. The fourth-order valence-corrected chi connectivity index (χ4v) is 3.05. The van der Waals surface area contributed by atoms with Crippen LogP contribution in [0.1, 0.15) is 11.5 Å². The number of benzene rings is 1. The predicted octanol–water partition coefficient (Wildman–Crippen LogP) is 4.12. The maximum atomic E-state index is 13.1. The molecule has 0 aliphatic heterocycles. The van der Waals surface area contributed by atoms with Crippen molar-refractivity contribution in [3.63, 3.8) is 0 Å². The summed E-state index contributed by atoms with van der Waals surface area (Å²) in [5.74, 6) is 0.410. The number of alkyl halides is 3. The summed E-state index contributed by atoms with van der Waals surface area (Å²) in [5, 5.41) is 7.79. The molecule has 0 aliphatic rings. The number of aromatic nitrogens is 5. The van der Waals surface area contributed by atoms with Gasteiger partial charge in [-0.25, -0.2) is 9.97 Å². The number of hydrogen-bond donors (Lipinski definition) is 1. The molecule has 26 heavy (non-hydrogen) atoms. The third-order valence-electron chi connectivity index (χ3n) is 3.88. The zero-order chi connectivity index (χ0) is 18.5. The number of nitrogens with one attached hydrogen (secondary N) is 1. The van der Waals surface area contributed by atoms with E-state index in [0.717, 1.165) is 6.07 Å². The van der Waals surface area contributed by atoms with E-state index >= 15 is 0 Å². The molecule has 6 nitrogen and oxygen atoms in total. The molecule has 4 aromatic rings. The summed E-state index contributed by atoms with van der Waals surface area (Å²) >= 11 is 6.27. The number of imidazole rings is 1. The fraction of sp³-hybridized carbons (Fsp3) is 0.188. The zero-order valence-electron chi connectivity index (χ0n) is 13.3. The number of aromatic amines is 1. The molecule has 0 aliphatic carbocycles. The number of ether oxygens (including phenoxy) is 1. The molecule has 3 heterocycles. The molecule has 0 radical (unpaired) electrons. The molecular weight excluding hydrogens is 371 g/mol. The van der Waals surface area contributed by atoms with Crippen LogP contribution in [-0.4, -0.2) is 31.8 Å². The number of nitrogens with zero attached hydrogens (tertiary/aromatic N) is 4. The van der Waals surface area contributed by atoms with E-state index in [2.05, 4.69) is 20.2 Å². The highest BCUT2D eigenvalue weighted by molar-refractivity contribution is 6.35. The monoisotopic (exact) mass is 381 g/mol. The van der Waals surface area contributed by atoms with E-state index in [-0.39, 0.29) is 12.3 Å². The van der Waals surface area contributed by atoms with Crippen LogP contribution in [0.2, 0.25) is 5.02 Å². The Morgan fingerprint density at radius 2 is 2.04 bits per heavy atom. The molecule has 0 saturated carbocycles. The molecule has 3 aromatic heterocycles. The summed E-state index contributed by atoms with van der Waals surface area (Å²) < 4.78 is 45.9. The fourth-order valence-electron chi connectivity index (χ4n) is 2.79. The molecule has 4 rings (SSSR count). The first-order valence-corrected chi connectivity index (χ1v) is 7.84. The first kappa shape index (κ1) is 16.8. The van der Waals surface area contributed by atoms with E-state index in [4.69, 9.17) is 16.3 Å². The van der Waals surface area contributed by atoms with Gasteiger partial charge in [-0.3, -0.25) is 9.67 Å². The summed E-state index contributed by atoms with van der Waals surface area (Å²) in [6.45, 7) is 0.0960. The molecule has 0 saturated heterocycles. The lowest BCUT2D eigenvalue weighted by molar-refractivity contribution is -0.141.